The normalized spacial score (nSPS) is 20.9. The number of fused-ring (bicyclic) bond motifs is 1. The second kappa shape index (κ2) is 7.50. The second-order valence-electron chi connectivity index (χ2n) is 6.28. The number of nitrogens with zero attached hydrogens (tertiary/aromatic N) is 5. The number of ether oxygens (including phenoxy) is 1. The van der Waals surface area contributed by atoms with Gasteiger partial charge in [-0.1, -0.05) is 13.0 Å². The molecule has 0 radical (unpaired) electrons. The van der Waals surface area contributed by atoms with Crippen molar-refractivity contribution in [1.29, 1.82) is 0 Å². The van der Waals surface area contributed by atoms with Gasteiger partial charge in [0.1, 0.15) is 5.82 Å². The van der Waals surface area contributed by atoms with E-state index in [1.165, 1.54) is 7.11 Å². The second-order valence-corrected chi connectivity index (χ2v) is 6.28. The Kier molecular flexibility index (Phi) is 5.16. The molecule has 2 atom stereocenters. The summed E-state index contributed by atoms with van der Waals surface area (Å²) in [5.74, 6) is 1.68. The van der Waals surface area contributed by atoms with Gasteiger partial charge in [0.05, 0.1) is 13.0 Å². The number of hydrogen-bond acceptors (Lipinski definition) is 5. The van der Waals surface area contributed by atoms with Crippen molar-refractivity contribution in [3.63, 3.8) is 0 Å². The van der Waals surface area contributed by atoms with E-state index in [2.05, 4.69) is 32.3 Å². The fraction of sp³-hybridized carbons (Fsp3) is 0.529. The number of methoxy groups -OCH3 is 1. The molecule has 0 bridgehead atoms. The number of rotatable bonds is 4. The molecule has 25 heavy (non-hydrogen) atoms. The molecule has 2 unspecified atom stereocenters. The molecule has 0 spiro atoms. The average molecular weight is 344 g/mol. The highest BCUT2D eigenvalue weighted by Gasteiger charge is 2.36. The van der Waals surface area contributed by atoms with Crippen LogP contribution in [0.2, 0.25) is 0 Å². The van der Waals surface area contributed by atoms with Crippen LogP contribution in [0.15, 0.2) is 29.4 Å². The van der Waals surface area contributed by atoms with Crippen LogP contribution >= 0.6 is 0 Å². The van der Waals surface area contributed by atoms with Gasteiger partial charge in [-0.05, 0) is 18.1 Å². The summed E-state index contributed by atoms with van der Waals surface area (Å²) in [7, 11) is 3.19. The van der Waals surface area contributed by atoms with Crippen molar-refractivity contribution >= 4 is 17.6 Å². The van der Waals surface area contributed by atoms with E-state index in [-0.39, 0.29) is 17.8 Å². The summed E-state index contributed by atoms with van der Waals surface area (Å²) in [6.45, 7) is 4.17. The number of hydrogen-bond donors (Lipinski definition) is 1. The highest BCUT2D eigenvalue weighted by Crippen LogP contribution is 2.24. The minimum atomic E-state index is -0.152. The minimum absolute atomic E-state index is 0.107. The standard InChI is InChI=1S/C17H24N6O2/c1-12-10-22(11-13(12)16(24)25-3)17(18-2)19-8-7-15-21-20-14-6-4-5-9-23(14)15/h4-6,9,12-13H,7-8,10-11H2,1-3H3,(H,18,19). The quantitative estimate of drug-likeness (QED) is 0.496. The molecule has 1 N–H and O–H groups in total. The van der Waals surface area contributed by atoms with Crippen LogP contribution in [0.3, 0.4) is 0 Å². The average Bonchev–Trinajstić information content (AvgIpc) is 3.22. The fourth-order valence-electron chi connectivity index (χ4n) is 3.28. The third-order valence-electron chi connectivity index (χ3n) is 4.64. The molecule has 2 aromatic rings. The van der Waals surface area contributed by atoms with Crippen LogP contribution in [-0.4, -0.2) is 65.2 Å². The number of aliphatic imine (C=N–C) groups is 1. The first kappa shape index (κ1) is 17.2. The molecule has 8 nitrogen and oxygen atoms in total. The van der Waals surface area contributed by atoms with Gasteiger partial charge in [-0.3, -0.25) is 14.2 Å². The summed E-state index contributed by atoms with van der Waals surface area (Å²) in [4.78, 5) is 18.3. The van der Waals surface area contributed by atoms with E-state index in [0.29, 0.717) is 13.1 Å². The molecular weight excluding hydrogens is 320 g/mol. The maximum Gasteiger partial charge on any atom is 0.310 e. The Morgan fingerprint density at radius 1 is 1.40 bits per heavy atom. The van der Waals surface area contributed by atoms with Gasteiger partial charge in [0, 0.05) is 39.3 Å². The summed E-state index contributed by atoms with van der Waals surface area (Å²) in [6, 6.07) is 5.84. The van der Waals surface area contributed by atoms with Gasteiger partial charge in [-0.25, -0.2) is 0 Å². The van der Waals surface area contributed by atoms with Crippen molar-refractivity contribution in [2.24, 2.45) is 16.8 Å². The molecule has 8 heteroatoms. The summed E-state index contributed by atoms with van der Waals surface area (Å²) in [6.07, 6.45) is 2.69. The molecule has 2 aromatic heterocycles. The smallest absolute Gasteiger partial charge is 0.310 e. The lowest BCUT2D eigenvalue weighted by Gasteiger charge is -2.21. The monoisotopic (exact) mass is 344 g/mol. The number of esters is 1. The van der Waals surface area contributed by atoms with Gasteiger partial charge in [0.2, 0.25) is 0 Å². The van der Waals surface area contributed by atoms with Gasteiger partial charge in [-0.15, -0.1) is 10.2 Å². The van der Waals surface area contributed by atoms with Gasteiger partial charge in [0.25, 0.3) is 0 Å². The van der Waals surface area contributed by atoms with E-state index in [1.54, 1.807) is 7.05 Å². The van der Waals surface area contributed by atoms with Crippen molar-refractivity contribution < 1.29 is 9.53 Å². The summed E-state index contributed by atoms with van der Waals surface area (Å²) < 4.78 is 6.88. The van der Waals surface area contributed by atoms with E-state index in [9.17, 15) is 4.79 Å². The lowest BCUT2D eigenvalue weighted by Crippen LogP contribution is -2.41. The maximum atomic E-state index is 11.8. The summed E-state index contributed by atoms with van der Waals surface area (Å²) in [5.41, 5.74) is 0.844. The Morgan fingerprint density at radius 2 is 2.24 bits per heavy atom. The molecule has 3 rings (SSSR count). The zero-order valence-corrected chi connectivity index (χ0v) is 14.8. The van der Waals surface area contributed by atoms with Crippen molar-refractivity contribution in [1.82, 2.24) is 24.8 Å². The Bertz CT molecular complexity index is 771. The predicted octanol–water partition coefficient (Wildman–Crippen LogP) is 0.588. The van der Waals surface area contributed by atoms with Crippen molar-refractivity contribution in [2.75, 3.05) is 33.8 Å². The van der Waals surface area contributed by atoms with E-state index < -0.39 is 0 Å². The third-order valence-corrected chi connectivity index (χ3v) is 4.64. The molecule has 134 valence electrons. The highest BCUT2D eigenvalue weighted by atomic mass is 16.5. The fourth-order valence-corrected chi connectivity index (χ4v) is 3.28. The molecule has 0 amide bonds. The van der Waals surface area contributed by atoms with Gasteiger partial charge in [-0.2, -0.15) is 0 Å². The van der Waals surface area contributed by atoms with Crippen LogP contribution in [0.4, 0.5) is 0 Å². The maximum absolute atomic E-state index is 11.8. The van der Waals surface area contributed by atoms with Crippen molar-refractivity contribution in [3.8, 4) is 0 Å². The van der Waals surface area contributed by atoms with Crippen LogP contribution in [0.1, 0.15) is 12.7 Å². The third kappa shape index (κ3) is 3.57. The number of nitrogens with one attached hydrogen (secondary N) is 1. The first-order valence-corrected chi connectivity index (χ1v) is 8.46. The zero-order chi connectivity index (χ0) is 17.8. The van der Waals surface area contributed by atoms with E-state index >= 15 is 0 Å². The summed E-state index contributed by atoms with van der Waals surface area (Å²) in [5, 5.41) is 11.7. The van der Waals surface area contributed by atoms with E-state index in [0.717, 1.165) is 30.4 Å². The molecule has 1 fully saturated rings. The van der Waals surface area contributed by atoms with Gasteiger partial charge < -0.3 is 15.0 Å². The zero-order valence-electron chi connectivity index (χ0n) is 14.8. The highest BCUT2D eigenvalue weighted by molar-refractivity contribution is 5.82. The molecule has 0 aromatic carbocycles. The minimum Gasteiger partial charge on any atom is -0.469 e. The lowest BCUT2D eigenvalue weighted by molar-refractivity contribution is -0.145. The first-order chi connectivity index (χ1) is 12.1. The first-order valence-electron chi connectivity index (χ1n) is 8.46. The number of aromatic nitrogens is 3. The molecule has 1 aliphatic rings. The molecule has 0 saturated carbocycles. The van der Waals surface area contributed by atoms with Crippen LogP contribution in [-0.2, 0) is 16.0 Å². The number of pyridine rings is 1. The van der Waals surface area contributed by atoms with Crippen molar-refractivity contribution in [2.45, 2.75) is 13.3 Å². The number of carbonyl (C=O) groups is 1. The van der Waals surface area contributed by atoms with E-state index in [4.69, 9.17) is 4.74 Å². The van der Waals surface area contributed by atoms with Gasteiger partial charge in [0.15, 0.2) is 11.6 Å². The largest absolute Gasteiger partial charge is 0.469 e. The topological polar surface area (TPSA) is 84.1 Å². The Morgan fingerprint density at radius 3 is 3.00 bits per heavy atom. The lowest BCUT2D eigenvalue weighted by atomic mass is 9.99. The van der Waals surface area contributed by atoms with Crippen LogP contribution < -0.4 is 5.32 Å². The Balaban J connectivity index is 1.57. The molecule has 1 aliphatic heterocycles. The number of carbonyl (C=O) groups excluding carboxylic acids is 1. The summed E-state index contributed by atoms with van der Waals surface area (Å²) >= 11 is 0. The van der Waals surface area contributed by atoms with Crippen LogP contribution in [0, 0.1) is 11.8 Å². The molecular formula is C17H24N6O2. The Labute approximate surface area is 146 Å². The Hall–Kier alpha value is -2.64. The van der Waals surface area contributed by atoms with Crippen molar-refractivity contribution in [3.05, 3.63) is 30.2 Å². The SMILES string of the molecule is CN=C(NCCc1nnc2ccccn12)N1CC(C)C(C(=O)OC)C1. The molecule has 1 saturated heterocycles. The number of guanidine groups is 1. The van der Waals surface area contributed by atoms with Crippen LogP contribution in [0.25, 0.3) is 5.65 Å². The van der Waals surface area contributed by atoms with Gasteiger partial charge >= 0.3 is 5.97 Å². The van der Waals surface area contributed by atoms with E-state index in [1.807, 2.05) is 28.8 Å². The molecule has 0 aliphatic carbocycles. The molecule has 3 heterocycles. The number of likely N-dealkylation sites (tertiary alicyclic amines) is 1. The predicted molar refractivity (Wildman–Crippen MR) is 94.3 cm³/mol. The van der Waals surface area contributed by atoms with Crippen LogP contribution in [0.5, 0.6) is 0 Å².